The fourth-order valence-electron chi connectivity index (χ4n) is 1.10. The molecule has 1 heterocycles. The van der Waals surface area contributed by atoms with Crippen LogP contribution in [0.4, 0.5) is 5.13 Å². The Morgan fingerprint density at radius 3 is 2.64 bits per heavy atom. The van der Waals surface area contributed by atoms with Gasteiger partial charge in [0.1, 0.15) is 0 Å². The molecule has 0 radical (unpaired) electrons. The summed E-state index contributed by atoms with van der Waals surface area (Å²) < 4.78 is 5.19. The molecule has 1 aromatic heterocycles. The van der Waals surface area contributed by atoms with Crippen molar-refractivity contribution >= 4 is 16.5 Å². The van der Waals surface area contributed by atoms with Crippen LogP contribution in [0.25, 0.3) is 0 Å². The Bertz CT molecular complexity index is 296. The maximum absolute atomic E-state index is 5.74. The van der Waals surface area contributed by atoms with E-state index in [1.54, 1.807) is 18.4 Å². The van der Waals surface area contributed by atoms with Crippen LogP contribution in [0.1, 0.15) is 11.8 Å². The van der Waals surface area contributed by atoms with Crippen molar-refractivity contribution in [3.63, 3.8) is 0 Å². The number of nitrogens with two attached hydrogens (primary N) is 1. The standard InChI is InChI=1S/C9H17N3OS/c1-6(10)5-7-8(13-4)11-9(14-7)12(2)3/h6H,5,10H2,1-4H3/t6-/m0/s1. The Morgan fingerprint density at radius 2 is 2.21 bits per heavy atom. The molecule has 1 rings (SSSR count). The molecular formula is C9H17N3OS. The molecule has 0 spiro atoms. The number of rotatable bonds is 4. The van der Waals surface area contributed by atoms with Gasteiger partial charge >= 0.3 is 0 Å². The number of hydrogen-bond acceptors (Lipinski definition) is 5. The third-order valence-corrected chi connectivity index (χ3v) is 2.96. The Hall–Kier alpha value is -0.810. The van der Waals surface area contributed by atoms with Crippen LogP contribution in [0.3, 0.4) is 0 Å². The lowest BCUT2D eigenvalue weighted by molar-refractivity contribution is 0.395. The third kappa shape index (κ3) is 2.59. The fraction of sp³-hybridized carbons (Fsp3) is 0.667. The monoisotopic (exact) mass is 215 g/mol. The van der Waals surface area contributed by atoms with E-state index < -0.39 is 0 Å². The summed E-state index contributed by atoms with van der Waals surface area (Å²) in [4.78, 5) is 7.43. The van der Waals surface area contributed by atoms with Crippen LogP contribution in [-0.2, 0) is 6.42 Å². The van der Waals surface area contributed by atoms with Crippen molar-refractivity contribution in [2.75, 3.05) is 26.1 Å². The lowest BCUT2D eigenvalue weighted by Crippen LogP contribution is -2.17. The molecule has 0 bridgehead atoms. The summed E-state index contributed by atoms with van der Waals surface area (Å²) in [5.74, 6) is 0.705. The number of thiazole rings is 1. The van der Waals surface area contributed by atoms with Crippen LogP contribution in [0, 0.1) is 0 Å². The van der Waals surface area contributed by atoms with Gasteiger partial charge in [-0.05, 0) is 6.92 Å². The molecule has 0 aliphatic carbocycles. The number of anilines is 1. The van der Waals surface area contributed by atoms with Crippen molar-refractivity contribution in [1.82, 2.24) is 4.98 Å². The molecule has 0 unspecified atom stereocenters. The largest absolute Gasteiger partial charge is 0.480 e. The molecular weight excluding hydrogens is 198 g/mol. The van der Waals surface area contributed by atoms with E-state index in [2.05, 4.69) is 4.98 Å². The van der Waals surface area contributed by atoms with Crippen molar-refractivity contribution < 1.29 is 4.74 Å². The van der Waals surface area contributed by atoms with Gasteiger partial charge in [0, 0.05) is 26.6 Å². The Labute approximate surface area is 88.7 Å². The second-order valence-electron chi connectivity index (χ2n) is 3.50. The molecule has 0 aliphatic rings. The molecule has 0 fully saturated rings. The minimum atomic E-state index is 0.138. The zero-order valence-electron chi connectivity index (χ0n) is 9.07. The SMILES string of the molecule is COc1nc(N(C)C)sc1C[C@H](C)N. The van der Waals surface area contributed by atoms with E-state index in [1.165, 1.54) is 0 Å². The van der Waals surface area contributed by atoms with E-state index in [9.17, 15) is 0 Å². The molecule has 80 valence electrons. The predicted octanol–water partition coefficient (Wildman–Crippen LogP) is 1.11. The van der Waals surface area contributed by atoms with E-state index >= 15 is 0 Å². The molecule has 4 nitrogen and oxygen atoms in total. The zero-order valence-corrected chi connectivity index (χ0v) is 9.89. The highest BCUT2D eigenvalue weighted by atomic mass is 32.1. The lowest BCUT2D eigenvalue weighted by atomic mass is 10.2. The molecule has 0 saturated carbocycles. The van der Waals surface area contributed by atoms with Crippen molar-refractivity contribution in [2.24, 2.45) is 5.73 Å². The van der Waals surface area contributed by atoms with Crippen LogP contribution < -0.4 is 15.4 Å². The van der Waals surface area contributed by atoms with Crippen molar-refractivity contribution in [3.8, 4) is 5.88 Å². The first kappa shape index (κ1) is 11.3. The molecule has 1 atom stereocenters. The quantitative estimate of drug-likeness (QED) is 0.817. The molecule has 0 amide bonds. The second kappa shape index (κ2) is 4.61. The molecule has 0 aromatic carbocycles. The zero-order chi connectivity index (χ0) is 10.7. The maximum Gasteiger partial charge on any atom is 0.229 e. The highest BCUT2D eigenvalue weighted by Crippen LogP contribution is 2.30. The van der Waals surface area contributed by atoms with Crippen LogP contribution in [0.15, 0.2) is 0 Å². The summed E-state index contributed by atoms with van der Waals surface area (Å²) in [5.41, 5.74) is 5.74. The number of aromatic nitrogens is 1. The molecule has 1 aromatic rings. The van der Waals surface area contributed by atoms with Gasteiger partial charge in [0.2, 0.25) is 5.88 Å². The summed E-state index contributed by atoms with van der Waals surface area (Å²) >= 11 is 1.63. The van der Waals surface area contributed by atoms with Crippen LogP contribution >= 0.6 is 11.3 Å². The normalized spacial score (nSPS) is 12.6. The Morgan fingerprint density at radius 1 is 1.57 bits per heavy atom. The van der Waals surface area contributed by atoms with Crippen LogP contribution in [-0.4, -0.2) is 32.2 Å². The van der Waals surface area contributed by atoms with E-state index in [-0.39, 0.29) is 6.04 Å². The van der Waals surface area contributed by atoms with E-state index in [0.29, 0.717) is 5.88 Å². The smallest absolute Gasteiger partial charge is 0.229 e. The first-order chi connectivity index (χ1) is 6.54. The van der Waals surface area contributed by atoms with Gasteiger partial charge in [-0.3, -0.25) is 0 Å². The van der Waals surface area contributed by atoms with Gasteiger partial charge in [0.15, 0.2) is 5.13 Å². The number of nitrogens with zero attached hydrogens (tertiary/aromatic N) is 2. The minimum absolute atomic E-state index is 0.138. The summed E-state index contributed by atoms with van der Waals surface area (Å²) in [5, 5.41) is 0.956. The first-order valence-electron chi connectivity index (χ1n) is 4.51. The van der Waals surface area contributed by atoms with Crippen LogP contribution in [0.5, 0.6) is 5.88 Å². The fourth-order valence-corrected chi connectivity index (χ4v) is 2.19. The molecule has 5 heteroatoms. The molecule has 14 heavy (non-hydrogen) atoms. The molecule has 2 N–H and O–H groups in total. The van der Waals surface area contributed by atoms with Gasteiger partial charge in [-0.2, -0.15) is 4.98 Å². The van der Waals surface area contributed by atoms with E-state index in [4.69, 9.17) is 10.5 Å². The van der Waals surface area contributed by atoms with Gasteiger partial charge in [-0.1, -0.05) is 11.3 Å². The molecule has 0 saturated heterocycles. The highest BCUT2D eigenvalue weighted by molar-refractivity contribution is 7.15. The maximum atomic E-state index is 5.74. The highest BCUT2D eigenvalue weighted by Gasteiger charge is 2.13. The van der Waals surface area contributed by atoms with Crippen LogP contribution in [0.2, 0.25) is 0 Å². The van der Waals surface area contributed by atoms with Gasteiger partial charge in [0.05, 0.1) is 12.0 Å². The van der Waals surface area contributed by atoms with Gasteiger partial charge in [-0.15, -0.1) is 0 Å². The summed E-state index contributed by atoms with van der Waals surface area (Å²) in [6.45, 7) is 1.98. The summed E-state index contributed by atoms with van der Waals surface area (Å²) in [6, 6.07) is 0.138. The summed E-state index contributed by atoms with van der Waals surface area (Å²) in [6.07, 6.45) is 0.814. The topological polar surface area (TPSA) is 51.4 Å². The molecule has 0 aliphatic heterocycles. The average Bonchev–Trinajstić information content (AvgIpc) is 2.46. The number of methoxy groups -OCH3 is 1. The van der Waals surface area contributed by atoms with Gasteiger partial charge < -0.3 is 15.4 Å². The van der Waals surface area contributed by atoms with Crippen molar-refractivity contribution in [3.05, 3.63) is 4.88 Å². The van der Waals surface area contributed by atoms with Crippen molar-refractivity contribution in [2.45, 2.75) is 19.4 Å². The number of hydrogen-bond donors (Lipinski definition) is 1. The summed E-state index contributed by atoms with van der Waals surface area (Å²) in [7, 11) is 5.57. The lowest BCUT2D eigenvalue weighted by Gasteiger charge is -2.05. The first-order valence-corrected chi connectivity index (χ1v) is 5.32. The van der Waals surface area contributed by atoms with E-state index in [0.717, 1.165) is 16.4 Å². The van der Waals surface area contributed by atoms with E-state index in [1.807, 2.05) is 25.9 Å². The Balaban J connectivity index is 2.90. The third-order valence-electron chi connectivity index (χ3n) is 1.73. The Kier molecular flexibility index (Phi) is 3.71. The van der Waals surface area contributed by atoms with Crippen molar-refractivity contribution in [1.29, 1.82) is 0 Å². The predicted molar refractivity (Wildman–Crippen MR) is 60.3 cm³/mol. The second-order valence-corrected chi connectivity index (χ2v) is 4.57. The average molecular weight is 215 g/mol. The van der Waals surface area contributed by atoms with Gasteiger partial charge in [0.25, 0.3) is 0 Å². The minimum Gasteiger partial charge on any atom is -0.480 e. The van der Waals surface area contributed by atoms with Gasteiger partial charge in [-0.25, -0.2) is 0 Å². The number of ether oxygens (including phenoxy) is 1.